The van der Waals surface area contributed by atoms with Crippen molar-refractivity contribution in [2.75, 3.05) is 23.8 Å². The van der Waals surface area contributed by atoms with E-state index < -0.39 is 47.4 Å². The van der Waals surface area contributed by atoms with Gasteiger partial charge in [0.05, 0.1) is 6.54 Å². The van der Waals surface area contributed by atoms with Gasteiger partial charge in [-0.05, 0) is 36.8 Å². The molecule has 0 radical (unpaired) electrons. The van der Waals surface area contributed by atoms with Crippen LogP contribution in [0, 0.1) is 0 Å². The molecule has 0 aromatic carbocycles. The third kappa shape index (κ3) is 7.08. The molecular formula is C23H27N9O7S3. The number of oxime groups is 1. The van der Waals surface area contributed by atoms with Crippen LogP contribution in [0.5, 0.6) is 0 Å². The van der Waals surface area contributed by atoms with Gasteiger partial charge < -0.3 is 25.7 Å². The van der Waals surface area contributed by atoms with E-state index in [0.717, 1.165) is 16.2 Å². The first-order chi connectivity index (χ1) is 19.9. The number of carboxylic acid groups (broad SMARTS) is 1. The predicted octanol–water partition coefficient (Wildman–Crippen LogP) is 0.491. The number of anilines is 1. The summed E-state index contributed by atoms with van der Waals surface area (Å²) in [5, 5.41) is 29.2. The van der Waals surface area contributed by atoms with E-state index >= 15 is 0 Å². The number of esters is 1. The van der Waals surface area contributed by atoms with Crippen molar-refractivity contribution in [3.05, 3.63) is 35.0 Å². The standard InChI is InChI=1S/C23H27N9O7S3/c1-5-6-31-22(27-29-30-31)42-9-11-8-40-19-15(18(35)32(19)16(11)20(36)37)26-17(34)14(12-10-41-21(24)25-12)28-38-7-13(33)39-23(2,3)4/h5,10,15,19H,1,6-9H2,2-4H3,(H2,24,25)(H,26,34)(H,36,37)/t15?,19-/m1/s1. The number of nitrogens with one attached hydrogen (secondary N) is 1. The Hall–Kier alpha value is -3.97. The lowest BCUT2D eigenvalue weighted by atomic mass is 10.0. The summed E-state index contributed by atoms with van der Waals surface area (Å²) in [4.78, 5) is 60.8. The number of carbonyl (C=O) groups is 4. The number of aliphatic carboxylic acids is 1. The van der Waals surface area contributed by atoms with Crippen molar-refractivity contribution in [2.45, 2.75) is 49.5 Å². The van der Waals surface area contributed by atoms with Gasteiger partial charge >= 0.3 is 11.9 Å². The average molecular weight is 638 g/mol. The van der Waals surface area contributed by atoms with Gasteiger partial charge in [0.15, 0.2) is 10.8 Å². The molecule has 2 aliphatic heterocycles. The fourth-order valence-electron chi connectivity index (χ4n) is 3.81. The van der Waals surface area contributed by atoms with Crippen LogP contribution < -0.4 is 11.1 Å². The minimum absolute atomic E-state index is 0.0725. The molecule has 1 saturated heterocycles. The number of thioether (sulfide) groups is 2. The molecule has 4 rings (SSSR count). The van der Waals surface area contributed by atoms with Crippen LogP contribution in [0.25, 0.3) is 0 Å². The highest BCUT2D eigenvalue weighted by Gasteiger charge is 2.54. The number of nitrogens with zero attached hydrogens (tertiary/aromatic N) is 7. The van der Waals surface area contributed by atoms with E-state index in [9.17, 15) is 24.3 Å². The van der Waals surface area contributed by atoms with Crippen LogP contribution in [0.2, 0.25) is 0 Å². The zero-order valence-corrected chi connectivity index (χ0v) is 25.1. The zero-order valence-electron chi connectivity index (χ0n) is 22.7. The van der Waals surface area contributed by atoms with Gasteiger partial charge in [-0.2, -0.15) is 0 Å². The molecule has 1 unspecified atom stereocenters. The van der Waals surface area contributed by atoms with Gasteiger partial charge in [0, 0.05) is 16.9 Å². The van der Waals surface area contributed by atoms with E-state index in [2.05, 4.69) is 37.6 Å². The maximum absolute atomic E-state index is 13.2. The number of hydrogen-bond donors (Lipinski definition) is 3. The second-order valence-corrected chi connectivity index (χ2v) is 12.6. The van der Waals surface area contributed by atoms with Crippen LogP contribution >= 0.6 is 34.9 Å². The van der Waals surface area contributed by atoms with E-state index in [1.807, 2.05) is 0 Å². The lowest BCUT2D eigenvalue weighted by molar-refractivity contribution is -0.160. The van der Waals surface area contributed by atoms with Crippen molar-refractivity contribution < 1.29 is 33.9 Å². The van der Waals surface area contributed by atoms with Gasteiger partial charge in [-0.15, -0.1) is 34.8 Å². The summed E-state index contributed by atoms with van der Waals surface area (Å²) in [7, 11) is 0. The van der Waals surface area contributed by atoms with Crippen molar-refractivity contribution >= 4 is 69.5 Å². The number of carboxylic acids is 1. The van der Waals surface area contributed by atoms with Gasteiger partial charge in [-0.3, -0.25) is 14.5 Å². The first kappa shape index (κ1) is 31.0. The Labute approximate surface area is 251 Å². The Kier molecular flexibility index (Phi) is 9.52. The van der Waals surface area contributed by atoms with Crippen LogP contribution in [0.3, 0.4) is 0 Å². The fourth-order valence-corrected chi connectivity index (χ4v) is 6.73. The van der Waals surface area contributed by atoms with Gasteiger partial charge in [-0.1, -0.05) is 23.0 Å². The number of nitrogens with two attached hydrogens (primary N) is 1. The largest absolute Gasteiger partial charge is 0.477 e. The number of ether oxygens (including phenoxy) is 1. The van der Waals surface area contributed by atoms with Gasteiger partial charge in [0.25, 0.3) is 11.8 Å². The molecule has 1 fully saturated rings. The van der Waals surface area contributed by atoms with Crippen molar-refractivity contribution in [3.63, 3.8) is 0 Å². The number of hydrogen-bond acceptors (Lipinski definition) is 15. The number of rotatable bonds is 12. The molecule has 2 aliphatic rings. The Morgan fingerprint density at radius 2 is 2.14 bits per heavy atom. The molecule has 0 aliphatic carbocycles. The summed E-state index contributed by atoms with van der Waals surface area (Å²) in [6.45, 7) is 8.53. The second kappa shape index (κ2) is 12.9. The highest BCUT2D eigenvalue weighted by Crippen LogP contribution is 2.41. The number of thiazole rings is 1. The van der Waals surface area contributed by atoms with Crippen LogP contribution in [0.1, 0.15) is 26.5 Å². The number of aromatic nitrogens is 5. The third-order valence-corrected chi connectivity index (χ3v) is 8.51. The van der Waals surface area contributed by atoms with Crippen molar-refractivity contribution in [1.29, 1.82) is 0 Å². The van der Waals surface area contributed by atoms with E-state index in [-0.39, 0.29) is 28.0 Å². The summed E-state index contributed by atoms with van der Waals surface area (Å²) in [6, 6.07) is -1.04. The first-order valence-electron chi connectivity index (χ1n) is 12.2. The van der Waals surface area contributed by atoms with Crippen LogP contribution in [-0.2, 0) is 35.3 Å². The van der Waals surface area contributed by atoms with Crippen LogP contribution in [0.15, 0.2) is 39.6 Å². The summed E-state index contributed by atoms with van der Waals surface area (Å²) in [5.74, 6) is -2.87. The molecule has 224 valence electrons. The molecule has 4 heterocycles. The fraction of sp³-hybridized carbons (Fsp3) is 0.435. The van der Waals surface area contributed by atoms with Gasteiger partial charge in [0.2, 0.25) is 11.8 Å². The zero-order chi connectivity index (χ0) is 30.6. The first-order valence-corrected chi connectivity index (χ1v) is 15.1. The molecule has 2 atom stereocenters. The second-order valence-electron chi connectivity index (χ2n) is 9.71. The summed E-state index contributed by atoms with van der Waals surface area (Å²) in [5.41, 5.74) is 5.08. The molecular weight excluding hydrogens is 611 g/mol. The highest BCUT2D eigenvalue weighted by molar-refractivity contribution is 8.01. The molecule has 42 heavy (non-hydrogen) atoms. The number of allylic oxidation sites excluding steroid dienone is 1. The maximum atomic E-state index is 13.2. The monoisotopic (exact) mass is 637 g/mol. The normalized spacial score (nSPS) is 18.7. The SMILES string of the molecule is C=CCn1nnnc1SCC1=C(C(=O)O)N2C(=O)C(NC(=O)C(=NOCC(=O)OC(C)(C)C)c3csc(N)n3)[C@H]2SC1. The molecule has 2 amide bonds. The average Bonchev–Trinajstić information content (AvgIpc) is 3.55. The highest BCUT2D eigenvalue weighted by atomic mass is 32.2. The van der Waals surface area contributed by atoms with E-state index in [4.69, 9.17) is 15.3 Å². The topological polar surface area (TPSA) is 217 Å². The van der Waals surface area contributed by atoms with E-state index in [1.54, 1.807) is 26.8 Å². The molecule has 2 aromatic rings. The summed E-state index contributed by atoms with van der Waals surface area (Å²) >= 11 is 3.59. The van der Waals surface area contributed by atoms with Crippen LogP contribution in [0.4, 0.5) is 5.13 Å². The molecule has 0 spiro atoms. The van der Waals surface area contributed by atoms with Crippen molar-refractivity contribution in [3.8, 4) is 0 Å². The molecule has 2 aromatic heterocycles. The van der Waals surface area contributed by atoms with Crippen molar-refractivity contribution in [1.82, 2.24) is 35.4 Å². The minimum Gasteiger partial charge on any atom is -0.477 e. The van der Waals surface area contributed by atoms with Gasteiger partial charge in [0.1, 0.15) is 28.4 Å². The summed E-state index contributed by atoms with van der Waals surface area (Å²) in [6.07, 6.45) is 1.63. The van der Waals surface area contributed by atoms with E-state index in [1.165, 1.54) is 33.6 Å². The number of amides is 2. The number of β-lactam (4-membered cyclic amide) rings is 1. The molecule has 16 nitrogen and oxygen atoms in total. The molecule has 19 heteroatoms. The number of nitrogen functional groups attached to an aromatic ring is 1. The smallest absolute Gasteiger partial charge is 0.352 e. The maximum Gasteiger partial charge on any atom is 0.352 e. The summed E-state index contributed by atoms with van der Waals surface area (Å²) < 4.78 is 6.68. The third-order valence-electron chi connectivity index (χ3n) is 5.45. The van der Waals surface area contributed by atoms with E-state index in [0.29, 0.717) is 23.0 Å². The Morgan fingerprint density at radius 1 is 1.38 bits per heavy atom. The van der Waals surface area contributed by atoms with Gasteiger partial charge in [-0.25, -0.2) is 19.3 Å². The molecule has 0 saturated carbocycles. The molecule has 4 N–H and O–H groups in total. The lowest BCUT2D eigenvalue weighted by Gasteiger charge is -2.49. The number of fused-ring (bicyclic) bond motifs is 1. The lowest BCUT2D eigenvalue weighted by Crippen LogP contribution is -2.71. The minimum atomic E-state index is -1.27. The predicted molar refractivity (Wildman–Crippen MR) is 153 cm³/mol. The quantitative estimate of drug-likeness (QED) is 0.0721. The van der Waals surface area contributed by atoms with Crippen molar-refractivity contribution in [2.24, 2.45) is 5.16 Å². The number of tetrazole rings is 1. The Bertz CT molecular complexity index is 1460. The van der Waals surface area contributed by atoms with Crippen LogP contribution in [-0.4, -0.2) is 99.8 Å². The Morgan fingerprint density at radius 3 is 2.79 bits per heavy atom. The number of carbonyl (C=O) groups excluding carboxylic acids is 3. The Balaban J connectivity index is 1.46. The molecule has 0 bridgehead atoms.